The van der Waals surface area contributed by atoms with Crippen LogP contribution in [0, 0.1) is 23.0 Å². The maximum Gasteiger partial charge on any atom is 0.255 e. The first-order chi connectivity index (χ1) is 20.7. The number of carbonyl (C=O) groups is 3. The first kappa shape index (κ1) is 26.6. The van der Waals surface area contributed by atoms with Crippen LogP contribution in [0.5, 0.6) is 0 Å². The molecule has 0 radical (unpaired) electrons. The standard InChI is InChI=1S/C30H22F3N7O3/c31-18-13-38(14-18)28-26(33)25(20-4-1-15(9-34)8-22(20)32)21-10-35-40(27(21)37-28)11-16-2-3-19-17(7-16)12-39(30(19)43)23-5-6-24(41)36-29(23)42/h1-4,7-8,10,18,23H,5-6,11-14H2,(H,36,41,42). The fourth-order valence-corrected chi connectivity index (χ4v) is 5.93. The summed E-state index contributed by atoms with van der Waals surface area (Å²) in [6, 6.07) is 10.1. The van der Waals surface area contributed by atoms with Crippen LogP contribution in [0.2, 0.25) is 0 Å². The van der Waals surface area contributed by atoms with E-state index in [1.807, 2.05) is 12.1 Å². The van der Waals surface area contributed by atoms with Gasteiger partial charge in [0.1, 0.15) is 18.0 Å². The number of halogens is 3. The molecule has 10 nitrogen and oxygen atoms in total. The minimum Gasteiger partial charge on any atom is -0.348 e. The second-order valence-corrected chi connectivity index (χ2v) is 10.9. The van der Waals surface area contributed by atoms with Crippen molar-refractivity contribution in [1.29, 1.82) is 5.26 Å². The molecule has 216 valence electrons. The van der Waals surface area contributed by atoms with E-state index in [0.29, 0.717) is 11.1 Å². The zero-order chi connectivity index (χ0) is 30.0. The van der Waals surface area contributed by atoms with E-state index in [-0.39, 0.29) is 84.4 Å². The van der Waals surface area contributed by atoms with E-state index in [0.717, 1.165) is 11.6 Å². The van der Waals surface area contributed by atoms with Crippen LogP contribution in [-0.4, -0.2) is 62.7 Å². The number of hydrogen-bond donors (Lipinski definition) is 1. The zero-order valence-electron chi connectivity index (χ0n) is 22.5. The Morgan fingerprint density at radius 2 is 1.86 bits per heavy atom. The van der Waals surface area contributed by atoms with E-state index in [2.05, 4.69) is 15.4 Å². The second kappa shape index (κ2) is 9.94. The largest absolute Gasteiger partial charge is 0.348 e. The number of anilines is 1. The number of imide groups is 1. The number of hydrogen-bond acceptors (Lipinski definition) is 7. The van der Waals surface area contributed by atoms with Gasteiger partial charge in [0.05, 0.1) is 42.9 Å². The van der Waals surface area contributed by atoms with E-state index in [1.54, 1.807) is 12.1 Å². The van der Waals surface area contributed by atoms with Crippen LogP contribution >= 0.6 is 0 Å². The Bertz CT molecular complexity index is 1910. The molecule has 3 amide bonds. The summed E-state index contributed by atoms with van der Waals surface area (Å²) in [5.74, 6) is -2.88. The number of pyridine rings is 1. The number of benzene rings is 2. The van der Waals surface area contributed by atoms with E-state index < -0.39 is 29.8 Å². The Balaban J connectivity index is 1.25. The highest BCUT2D eigenvalue weighted by Gasteiger charge is 2.39. The number of amides is 3. The maximum absolute atomic E-state index is 15.9. The first-order valence-electron chi connectivity index (χ1n) is 13.6. The van der Waals surface area contributed by atoms with Crippen LogP contribution in [0.25, 0.3) is 22.2 Å². The van der Waals surface area contributed by atoms with Crippen molar-refractivity contribution in [2.75, 3.05) is 18.0 Å². The molecule has 5 heterocycles. The predicted molar refractivity (Wildman–Crippen MR) is 146 cm³/mol. The average molecular weight is 586 g/mol. The van der Waals surface area contributed by atoms with Crippen molar-refractivity contribution in [1.82, 2.24) is 25.0 Å². The van der Waals surface area contributed by atoms with Crippen molar-refractivity contribution in [2.45, 2.75) is 38.1 Å². The minimum absolute atomic E-state index is 0.0542. The summed E-state index contributed by atoms with van der Waals surface area (Å²) in [4.78, 5) is 44.4. The highest BCUT2D eigenvalue weighted by atomic mass is 19.1. The van der Waals surface area contributed by atoms with Crippen molar-refractivity contribution < 1.29 is 27.6 Å². The second-order valence-electron chi connectivity index (χ2n) is 10.9. The Hall–Kier alpha value is -5.25. The number of rotatable bonds is 5. The Morgan fingerprint density at radius 3 is 2.58 bits per heavy atom. The van der Waals surface area contributed by atoms with Gasteiger partial charge >= 0.3 is 0 Å². The van der Waals surface area contributed by atoms with Gasteiger partial charge in [-0.25, -0.2) is 22.8 Å². The topological polar surface area (TPSA) is 124 Å². The van der Waals surface area contributed by atoms with Gasteiger partial charge < -0.3 is 9.80 Å². The maximum atomic E-state index is 15.9. The third-order valence-electron chi connectivity index (χ3n) is 8.13. The lowest BCUT2D eigenvalue weighted by atomic mass is 10.00. The zero-order valence-corrected chi connectivity index (χ0v) is 22.5. The van der Waals surface area contributed by atoms with Gasteiger partial charge in [-0.2, -0.15) is 10.4 Å². The third-order valence-corrected chi connectivity index (χ3v) is 8.13. The summed E-state index contributed by atoms with van der Waals surface area (Å²) in [6.45, 7) is 0.258. The highest BCUT2D eigenvalue weighted by molar-refractivity contribution is 6.05. The van der Waals surface area contributed by atoms with Crippen LogP contribution in [0.1, 0.15) is 39.9 Å². The number of piperidine rings is 1. The van der Waals surface area contributed by atoms with Crippen LogP contribution < -0.4 is 10.2 Å². The number of nitrogens with one attached hydrogen (secondary N) is 1. The summed E-state index contributed by atoms with van der Waals surface area (Å²) in [5, 5.41) is 16.1. The molecule has 3 aliphatic heterocycles. The van der Waals surface area contributed by atoms with E-state index >= 15 is 8.78 Å². The van der Waals surface area contributed by atoms with E-state index in [4.69, 9.17) is 5.26 Å². The van der Waals surface area contributed by atoms with Crippen LogP contribution in [0.3, 0.4) is 0 Å². The van der Waals surface area contributed by atoms with Gasteiger partial charge in [-0.3, -0.25) is 19.7 Å². The number of alkyl halides is 1. The number of aromatic nitrogens is 3. The van der Waals surface area contributed by atoms with Crippen molar-refractivity contribution in [3.63, 3.8) is 0 Å². The van der Waals surface area contributed by atoms with Crippen molar-refractivity contribution in [3.8, 4) is 17.2 Å². The van der Waals surface area contributed by atoms with Crippen LogP contribution in [0.15, 0.2) is 42.6 Å². The van der Waals surface area contributed by atoms with Gasteiger partial charge in [-0.15, -0.1) is 0 Å². The molecule has 1 N–H and O–H groups in total. The van der Waals surface area contributed by atoms with Gasteiger partial charge in [-0.05, 0) is 41.8 Å². The molecule has 2 aromatic heterocycles. The average Bonchev–Trinajstić information content (AvgIpc) is 3.51. The monoisotopic (exact) mass is 585 g/mol. The van der Waals surface area contributed by atoms with Gasteiger partial charge in [-0.1, -0.05) is 12.1 Å². The highest BCUT2D eigenvalue weighted by Crippen LogP contribution is 2.38. The fourth-order valence-electron chi connectivity index (χ4n) is 5.93. The molecule has 0 bridgehead atoms. The summed E-state index contributed by atoms with van der Waals surface area (Å²) in [7, 11) is 0. The summed E-state index contributed by atoms with van der Waals surface area (Å²) in [6.07, 6.45) is 0.661. The molecule has 0 aliphatic carbocycles. The quantitative estimate of drug-likeness (QED) is 0.357. The molecule has 4 aromatic rings. The molecule has 2 saturated heterocycles. The van der Waals surface area contributed by atoms with Crippen molar-refractivity contribution in [3.05, 3.63) is 76.5 Å². The number of nitriles is 1. The van der Waals surface area contributed by atoms with Gasteiger partial charge in [0.15, 0.2) is 17.3 Å². The van der Waals surface area contributed by atoms with Gasteiger partial charge in [0.25, 0.3) is 5.91 Å². The number of nitrogens with zero attached hydrogens (tertiary/aromatic N) is 6. The Labute approximate surface area is 242 Å². The lowest BCUT2D eigenvalue weighted by Crippen LogP contribution is -2.52. The third kappa shape index (κ3) is 4.37. The smallest absolute Gasteiger partial charge is 0.255 e. The van der Waals surface area contributed by atoms with Crippen molar-refractivity contribution in [2.24, 2.45) is 0 Å². The Morgan fingerprint density at radius 1 is 1.07 bits per heavy atom. The molecule has 7 rings (SSSR count). The summed E-state index contributed by atoms with van der Waals surface area (Å²) >= 11 is 0. The molecular weight excluding hydrogens is 563 g/mol. The predicted octanol–water partition coefficient (Wildman–Crippen LogP) is 3.22. The molecular formula is C30H22F3N7O3. The molecule has 43 heavy (non-hydrogen) atoms. The molecule has 0 saturated carbocycles. The van der Waals surface area contributed by atoms with Crippen LogP contribution in [-0.2, 0) is 22.7 Å². The fraction of sp³-hybridized carbons (Fsp3) is 0.267. The van der Waals surface area contributed by atoms with E-state index in [9.17, 15) is 18.8 Å². The molecule has 2 aromatic carbocycles. The molecule has 13 heteroatoms. The van der Waals surface area contributed by atoms with Crippen molar-refractivity contribution >= 4 is 34.6 Å². The number of carbonyl (C=O) groups excluding carboxylic acids is 3. The minimum atomic E-state index is -1.13. The number of fused-ring (bicyclic) bond motifs is 2. The first-order valence-corrected chi connectivity index (χ1v) is 13.6. The molecule has 3 aliphatic rings. The van der Waals surface area contributed by atoms with Crippen LogP contribution in [0.4, 0.5) is 19.0 Å². The summed E-state index contributed by atoms with van der Waals surface area (Å²) in [5.41, 5.74) is 2.07. The molecule has 2 fully saturated rings. The Kier molecular flexibility index (Phi) is 6.16. The molecule has 1 atom stereocenters. The lowest BCUT2D eigenvalue weighted by molar-refractivity contribution is -0.136. The SMILES string of the molecule is N#Cc1ccc(-c2c(F)c(N3CC(F)C3)nc3c2cnn3Cc2ccc3c(c2)CN(C2CCC(=O)NC2=O)C3=O)c(F)c1. The van der Waals surface area contributed by atoms with Gasteiger partial charge in [0, 0.05) is 29.7 Å². The van der Waals surface area contributed by atoms with Gasteiger partial charge in [0.2, 0.25) is 11.8 Å². The molecule has 0 spiro atoms. The molecule has 1 unspecified atom stereocenters. The summed E-state index contributed by atoms with van der Waals surface area (Å²) < 4.78 is 46.3. The lowest BCUT2D eigenvalue weighted by Gasteiger charge is -2.35. The van der Waals surface area contributed by atoms with E-state index in [1.165, 1.54) is 32.8 Å². The normalized spacial score (nSPS) is 18.6.